The van der Waals surface area contributed by atoms with Crippen LogP contribution in [0.4, 0.5) is 0 Å². The van der Waals surface area contributed by atoms with Crippen molar-refractivity contribution in [2.24, 2.45) is 5.92 Å². The van der Waals surface area contributed by atoms with Crippen molar-refractivity contribution in [3.8, 4) is 0 Å². The Morgan fingerprint density at radius 1 is 1.64 bits per heavy atom. The third-order valence-corrected chi connectivity index (χ3v) is 2.95. The van der Waals surface area contributed by atoms with Crippen LogP contribution in [0.1, 0.15) is 18.7 Å². The van der Waals surface area contributed by atoms with E-state index in [1.165, 1.54) is 19.4 Å². The molecule has 0 spiro atoms. The summed E-state index contributed by atoms with van der Waals surface area (Å²) in [4.78, 5) is 6.51. The Morgan fingerprint density at radius 2 is 2.50 bits per heavy atom. The summed E-state index contributed by atoms with van der Waals surface area (Å²) < 4.78 is 5.63. The predicted molar refractivity (Wildman–Crippen MR) is 55.9 cm³/mol. The zero-order valence-electron chi connectivity index (χ0n) is 8.24. The first-order chi connectivity index (χ1) is 6.74. The second-order valence-corrected chi connectivity index (χ2v) is 4.64. The summed E-state index contributed by atoms with van der Waals surface area (Å²) >= 11 is 3.18. The molecule has 0 N–H and O–H groups in total. The molecular weight excluding hydrogens is 246 g/mol. The third-order valence-electron chi connectivity index (χ3n) is 2.63. The van der Waals surface area contributed by atoms with Gasteiger partial charge in [-0.2, -0.15) is 4.98 Å². The fourth-order valence-corrected chi connectivity index (χ4v) is 2.27. The molecule has 14 heavy (non-hydrogen) atoms. The molecule has 78 valence electrons. The minimum Gasteiger partial charge on any atom is -0.338 e. The molecule has 0 amide bonds. The summed E-state index contributed by atoms with van der Waals surface area (Å²) in [6, 6.07) is 0. The van der Waals surface area contributed by atoms with Crippen LogP contribution in [0, 0.1) is 5.92 Å². The Bertz CT molecular complexity index is 302. The first-order valence-corrected chi connectivity index (χ1v) is 5.70. The van der Waals surface area contributed by atoms with E-state index >= 15 is 0 Å². The van der Waals surface area contributed by atoms with Crippen LogP contribution >= 0.6 is 15.9 Å². The van der Waals surface area contributed by atoms with E-state index in [0.717, 1.165) is 18.9 Å². The molecule has 2 rings (SSSR count). The first kappa shape index (κ1) is 10.1. The molecule has 1 aliphatic rings. The predicted octanol–water partition coefficient (Wildman–Crippen LogP) is 1.72. The molecule has 1 unspecified atom stereocenters. The molecule has 5 heteroatoms. The van der Waals surface area contributed by atoms with Crippen molar-refractivity contribution >= 4 is 15.9 Å². The van der Waals surface area contributed by atoms with Gasteiger partial charge >= 0.3 is 0 Å². The van der Waals surface area contributed by atoms with E-state index in [1.54, 1.807) is 0 Å². The fourth-order valence-electron chi connectivity index (χ4n) is 2.00. The van der Waals surface area contributed by atoms with Crippen molar-refractivity contribution in [2.75, 3.05) is 20.1 Å². The van der Waals surface area contributed by atoms with E-state index in [0.29, 0.717) is 10.7 Å². The fraction of sp³-hybridized carbons (Fsp3) is 0.778. The SMILES string of the molecule is CN1CCCC(Cc2nc(Br)no2)C1. The van der Waals surface area contributed by atoms with Crippen LogP contribution in [0.25, 0.3) is 0 Å². The van der Waals surface area contributed by atoms with E-state index in [2.05, 4.69) is 38.0 Å². The molecule has 1 fully saturated rings. The summed E-state index contributed by atoms with van der Waals surface area (Å²) in [5.41, 5.74) is 0. The van der Waals surface area contributed by atoms with Crippen LogP contribution < -0.4 is 0 Å². The van der Waals surface area contributed by atoms with Crippen molar-refractivity contribution in [2.45, 2.75) is 19.3 Å². The van der Waals surface area contributed by atoms with Gasteiger partial charge in [-0.05, 0) is 53.4 Å². The lowest BCUT2D eigenvalue weighted by atomic mass is 9.95. The summed E-state index contributed by atoms with van der Waals surface area (Å²) in [5.74, 6) is 1.42. The molecule has 1 aliphatic heterocycles. The van der Waals surface area contributed by atoms with Gasteiger partial charge in [-0.25, -0.2) is 0 Å². The molecule has 1 atom stereocenters. The molecule has 4 nitrogen and oxygen atoms in total. The minimum atomic E-state index is 0.552. The lowest BCUT2D eigenvalue weighted by Crippen LogP contribution is -2.33. The second kappa shape index (κ2) is 4.40. The molecule has 0 aliphatic carbocycles. The maximum atomic E-state index is 5.08. The average Bonchev–Trinajstić information content (AvgIpc) is 2.51. The second-order valence-electron chi connectivity index (χ2n) is 3.93. The largest absolute Gasteiger partial charge is 0.338 e. The number of nitrogens with zero attached hydrogens (tertiary/aromatic N) is 3. The molecule has 1 aromatic rings. The summed E-state index contributed by atoms with van der Waals surface area (Å²) in [6.07, 6.45) is 3.45. The monoisotopic (exact) mass is 259 g/mol. The van der Waals surface area contributed by atoms with Crippen LogP contribution in [-0.4, -0.2) is 35.2 Å². The molecule has 0 aromatic carbocycles. The van der Waals surface area contributed by atoms with Gasteiger partial charge in [0.15, 0.2) is 0 Å². The van der Waals surface area contributed by atoms with Gasteiger partial charge in [0.05, 0.1) is 0 Å². The third kappa shape index (κ3) is 2.54. The summed E-state index contributed by atoms with van der Waals surface area (Å²) in [5, 5.41) is 3.72. The molecule has 0 saturated carbocycles. The number of hydrogen-bond donors (Lipinski definition) is 0. The van der Waals surface area contributed by atoms with Crippen LogP contribution in [0.2, 0.25) is 0 Å². The zero-order chi connectivity index (χ0) is 9.97. The van der Waals surface area contributed by atoms with Crippen molar-refractivity contribution < 1.29 is 4.52 Å². The molecule has 1 aromatic heterocycles. The van der Waals surface area contributed by atoms with Crippen LogP contribution in [0.3, 0.4) is 0 Å². The Labute approximate surface area is 91.8 Å². The van der Waals surface area contributed by atoms with E-state index in [9.17, 15) is 0 Å². The van der Waals surface area contributed by atoms with Gasteiger partial charge in [0.25, 0.3) is 0 Å². The highest BCUT2D eigenvalue weighted by Gasteiger charge is 2.19. The number of likely N-dealkylation sites (tertiary alicyclic amines) is 1. The van der Waals surface area contributed by atoms with Crippen LogP contribution in [0.5, 0.6) is 0 Å². The number of rotatable bonds is 2. The average molecular weight is 260 g/mol. The Morgan fingerprint density at radius 3 is 3.14 bits per heavy atom. The van der Waals surface area contributed by atoms with Gasteiger partial charge in [0.2, 0.25) is 10.6 Å². The van der Waals surface area contributed by atoms with Gasteiger partial charge in [-0.3, -0.25) is 0 Å². The van der Waals surface area contributed by atoms with Crippen molar-refractivity contribution in [3.05, 3.63) is 10.6 Å². The molecular formula is C9H14BrN3O. The van der Waals surface area contributed by atoms with Gasteiger partial charge in [0.1, 0.15) is 0 Å². The molecule has 1 saturated heterocycles. The Hall–Kier alpha value is -0.420. The lowest BCUT2D eigenvalue weighted by Gasteiger charge is -2.28. The summed E-state index contributed by atoms with van der Waals surface area (Å²) in [6.45, 7) is 2.35. The maximum Gasteiger partial charge on any atom is 0.238 e. The highest BCUT2D eigenvalue weighted by Crippen LogP contribution is 2.19. The number of hydrogen-bond acceptors (Lipinski definition) is 4. The van der Waals surface area contributed by atoms with Gasteiger partial charge in [-0.1, -0.05) is 0 Å². The first-order valence-electron chi connectivity index (χ1n) is 4.90. The molecule has 2 heterocycles. The number of piperidine rings is 1. The Balaban J connectivity index is 1.90. The number of halogens is 1. The van der Waals surface area contributed by atoms with Gasteiger partial charge in [0, 0.05) is 13.0 Å². The van der Waals surface area contributed by atoms with Crippen molar-refractivity contribution in [1.82, 2.24) is 15.0 Å². The zero-order valence-corrected chi connectivity index (χ0v) is 9.83. The van der Waals surface area contributed by atoms with E-state index in [1.807, 2.05) is 0 Å². The highest BCUT2D eigenvalue weighted by atomic mass is 79.9. The summed E-state index contributed by atoms with van der Waals surface area (Å²) in [7, 11) is 2.16. The van der Waals surface area contributed by atoms with Crippen molar-refractivity contribution in [1.29, 1.82) is 0 Å². The van der Waals surface area contributed by atoms with E-state index < -0.39 is 0 Å². The Kier molecular flexibility index (Phi) is 3.18. The lowest BCUT2D eigenvalue weighted by molar-refractivity contribution is 0.199. The number of aromatic nitrogens is 2. The van der Waals surface area contributed by atoms with E-state index in [-0.39, 0.29) is 0 Å². The molecule has 0 bridgehead atoms. The van der Waals surface area contributed by atoms with E-state index in [4.69, 9.17) is 4.52 Å². The van der Waals surface area contributed by atoms with Crippen molar-refractivity contribution in [3.63, 3.8) is 0 Å². The highest BCUT2D eigenvalue weighted by molar-refractivity contribution is 9.10. The maximum absolute atomic E-state index is 5.08. The minimum absolute atomic E-state index is 0.552. The van der Waals surface area contributed by atoms with Gasteiger partial charge < -0.3 is 9.42 Å². The van der Waals surface area contributed by atoms with Crippen LogP contribution in [0.15, 0.2) is 9.26 Å². The molecule has 0 radical (unpaired) electrons. The standard InChI is InChI=1S/C9H14BrN3O/c1-13-4-2-3-7(6-13)5-8-11-9(10)12-14-8/h7H,2-6H2,1H3. The van der Waals surface area contributed by atoms with Gasteiger partial charge in [-0.15, -0.1) is 0 Å². The smallest absolute Gasteiger partial charge is 0.238 e. The normalized spacial score (nSPS) is 24.0. The quantitative estimate of drug-likeness (QED) is 0.811. The topological polar surface area (TPSA) is 42.2 Å². The van der Waals surface area contributed by atoms with Crippen LogP contribution in [-0.2, 0) is 6.42 Å².